The van der Waals surface area contributed by atoms with E-state index >= 15 is 0 Å². The van der Waals surface area contributed by atoms with Crippen LogP contribution in [0.25, 0.3) is 17.0 Å². The highest BCUT2D eigenvalue weighted by Gasteiger charge is 2.42. The molecule has 1 aliphatic rings. The summed E-state index contributed by atoms with van der Waals surface area (Å²) >= 11 is 0. The Hall–Kier alpha value is -4.34. The number of hydrogen-bond donors (Lipinski definition) is 0. The van der Waals surface area contributed by atoms with Gasteiger partial charge in [-0.2, -0.15) is 0 Å². The SMILES string of the molecule is CC1(C)OC(c2ccncc2)=C(c2ccc(OCc3cn4ccc(OC(F)(F)F)cc4n3)cc2)C1=O. The Balaban J connectivity index is 1.33. The van der Waals surface area contributed by atoms with E-state index < -0.39 is 12.0 Å². The molecule has 10 heteroatoms. The van der Waals surface area contributed by atoms with Crippen molar-refractivity contribution in [3.63, 3.8) is 0 Å². The molecule has 7 nitrogen and oxygen atoms in total. The van der Waals surface area contributed by atoms with Crippen molar-refractivity contribution in [1.29, 1.82) is 0 Å². The molecule has 0 fully saturated rings. The van der Waals surface area contributed by atoms with E-state index in [4.69, 9.17) is 9.47 Å². The molecule has 0 N–H and O–H groups in total. The van der Waals surface area contributed by atoms with Gasteiger partial charge in [0.15, 0.2) is 5.60 Å². The Bertz CT molecular complexity index is 1460. The first-order valence-electron chi connectivity index (χ1n) is 10.9. The number of carbonyl (C=O) groups excluding carboxylic acids is 1. The normalized spacial score (nSPS) is 15.3. The summed E-state index contributed by atoms with van der Waals surface area (Å²) in [5, 5.41) is 0. The van der Waals surface area contributed by atoms with Crippen LogP contribution in [0.4, 0.5) is 13.2 Å². The lowest BCUT2D eigenvalue weighted by molar-refractivity contribution is -0.274. The second-order valence-corrected chi connectivity index (χ2v) is 8.60. The first kappa shape index (κ1) is 23.4. The van der Waals surface area contributed by atoms with Crippen LogP contribution in [0.2, 0.25) is 0 Å². The number of carbonyl (C=O) groups is 1. The zero-order chi connectivity index (χ0) is 25.5. The fourth-order valence-electron chi connectivity index (χ4n) is 3.88. The Kier molecular flexibility index (Phi) is 5.66. The number of rotatable bonds is 6. The summed E-state index contributed by atoms with van der Waals surface area (Å²) in [6.45, 7) is 3.55. The molecule has 0 radical (unpaired) electrons. The van der Waals surface area contributed by atoms with Gasteiger partial charge in [0, 0.05) is 36.4 Å². The third kappa shape index (κ3) is 4.74. The van der Waals surface area contributed by atoms with E-state index in [9.17, 15) is 18.0 Å². The van der Waals surface area contributed by atoms with Gasteiger partial charge in [-0.05, 0) is 49.7 Å². The summed E-state index contributed by atoms with van der Waals surface area (Å²) < 4.78 is 54.7. The first-order valence-corrected chi connectivity index (χ1v) is 10.9. The molecule has 0 spiro atoms. The predicted octanol–water partition coefficient (Wildman–Crippen LogP) is 5.45. The maximum absolute atomic E-state index is 13.1. The largest absolute Gasteiger partial charge is 0.573 e. The minimum Gasteiger partial charge on any atom is -0.487 e. The second kappa shape index (κ2) is 8.71. The molecule has 1 aromatic carbocycles. The van der Waals surface area contributed by atoms with Crippen molar-refractivity contribution in [2.45, 2.75) is 32.4 Å². The van der Waals surface area contributed by atoms with Crippen LogP contribution in [0.3, 0.4) is 0 Å². The molecule has 36 heavy (non-hydrogen) atoms. The maximum atomic E-state index is 13.1. The molecule has 0 saturated carbocycles. The Morgan fingerprint density at radius 1 is 1.00 bits per heavy atom. The Morgan fingerprint density at radius 3 is 2.42 bits per heavy atom. The fraction of sp³-hybridized carbons (Fsp3) is 0.192. The van der Waals surface area contributed by atoms with Crippen molar-refractivity contribution in [3.8, 4) is 11.5 Å². The Morgan fingerprint density at radius 2 is 1.72 bits per heavy atom. The van der Waals surface area contributed by atoms with E-state index in [0.29, 0.717) is 34.0 Å². The number of aromatic nitrogens is 3. The summed E-state index contributed by atoms with van der Waals surface area (Å²) in [4.78, 5) is 21.4. The molecular formula is C26H20F3N3O4. The highest BCUT2D eigenvalue weighted by Crippen LogP contribution is 2.41. The average Bonchev–Trinajstić information content (AvgIpc) is 3.35. The fourth-order valence-corrected chi connectivity index (χ4v) is 3.88. The lowest BCUT2D eigenvalue weighted by Crippen LogP contribution is -2.29. The number of pyridine rings is 2. The number of nitrogens with zero attached hydrogens (tertiary/aromatic N) is 3. The van der Waals surface area contributed by atoms with Crippen LogP contribution in [0.1, 0.15) is 30.7 Å². The minimum atomic E-state index is -4.77. The molecule has 1 aliphatic heterocycles. The topological polar surface area (TPSA) is 75.0 Å². The van der Waals surface area contributed by atoms with Crippen molar-refractivity contribution in [3.05, 3.63) is 90.1 Å². The molecule has 0 bridgehead atoms. The summed E-state index contributed by atoms with van der Waals surface area (Å²) in [5.74, 6) is 0.562. The number of alkyl halides is 3. The molecular weight excluding hydrogens is 475 g/mol. The van der Waals surface area contributed by atoms with E-state index in [-0.39, 0.29) is 18.1 Å². The number of halogens is 3. The number of hydrogen-bond acceptors (Lipinski definition) is 6. The van der Waals surface area contributed by atoms with Crippen LogP contribution in [-0.4, -0.2) is 32.1 Å². The second-order valence-electron chi connectivity index (χ2n) is 8.60. The number of ketones is 1. The summed E-state index contributed by atoms with van der Waals surface area (Å²) in [6.07, 6.45) is 1.59. The third-order valence-corrected chi connectivity index (χ3v) is 5.55. The monoisotopic (exact) mass is 495 g/mol. The van der Waals surface area contributed by atoms with Crippen LogP contribution in [0.5, 0.6) is 11.5 Å². The smallest absolute Gasteiger partial charge is 0.487 e. The van der Waals surface area contributed by atoms with Gasteiger partial charge in [-0.3, -0.25) is 9.78 Å². The van der Waals surface area contributed by atoms with Gasteiger partial charge in [-0.25, -0.2) is 4.98 Å². The maximum Gasteiger partial charge on any atom is 0.573 e. The van der Waals surface area contributed by atoms with E-state index in [1.807, 2.05) is 0 Å². The standard InChI is InChI=1S/C26H20F3N3O4/c1-25(2)24(33)22(23(36-25)17-7-10-30-11-8-17)16-3-5-19(6-4-16)34-15-18-14-32-12-9-20(13-21(32)31-18)35-26(27,28)29/h3-14H,15H2,1-2H3. The number of benzene rings is 1. The van der Waals surface area contributed by atoms with Crippen molar-refractivity contribution in [2.24, 2.45) is 0 Å². The highest BCUT2D eigenvalue weighted by molar-refractivity contribution is 6.32. The van der Waals surface area contributed by atoms with Crippen molar-refractivity contribution >= 4 is 22.8 Å². The lowest BCUT2D eigenvalue weighted by Gasteiger charge is -2.17. The van der Waals surface area contributed by atoms with Gasteiger partial charge in [-0.15, -0.1) is 13.2 Å². The Labute approximate surface area is 203 Å². The van der Waals surface area contributed by atoms with E-state index in [1.165, 1.54) is 18.3 Å². The highest BCUT2D eigenvalue weighted by atomic mass is 19.4. The third-order valence-electron chi connectivity index (χ3n) is 5.55. The first-order chi connectivity index (χ1) is 17.1. The molecule has 4 aromatic rings. The van der Waals surface area contributed by atoms with Gasteiger partial charge in [0.05, 0.1) is 11.3 Å². The van der Waals surface area contributed by atoms with E-state index in [0.717, 1.165) is 5.56 Å². The summed E-state index contributed by atoms with van der Waals surface area (Å²) in [7, 11) is 0. The van der Waals surface area contributed by atoms with Crippen molar-refractivity contribution in [2.75, 3.05) is 0 Å². The van der Waals surface area contributed by atoms with E-state index in [2.05, 4.69) is 14.7 Å². The van der Waals surface area contributed by atoms with E-state index in [1.54, 1.807) is 73.2 Å². The van der Waals surface area contributed by atoms with Crippen LogP contribution in [0, 0.1) is 0 Å². The number of Topliss-reactive ketones (excluding diaryl/α,β-unsaturated/α-hetero) is 1. The minimum absolute atomic E-state index is 0.0938. The molecule has 5 rings (SSSR count). The average molecular weight is 495 g/mol. The zero-order valence-electron chi connectivity index (χ0n) is 19.2. The molecule has 0 aliphatic carbocycles. The summed E-state index contributed by atoms with van der Waals surface area (Å²) in [5.41, 5.74) is 1.76. The predicted molar refractivity (Wildman–Crippen MR) is 124 cm³/mol. The molecule has 0 unspecified atom stereocenters. The van der Waals surface area contributed by atoms with Gasteiger partial charge < -0.3 is 18.6 Å². The number of ether oxygens (including phenoxy) is 3. The molecule has 0 saturated heterocycles. The molecule has 3 aromatic heterocycles. The van der Waals surface area contributed by atoms with Crippen LogP contribution in [-0.2, 0) is 16.1 Å². The lowest BCUT2D eigenvalue weighted by atomic mass is 9.93. The van der Waals surface area contributed by atoms with Gasteiger partial charge in [0.25, 0.3) is 0 Å². The van der Waals surface area contributed by atoms with Crippen LogP contribution < -0.4 is 9.47 Å². The summed E-state index contributed by atoms with van der Waals surface area (Å²) in [6, 6.07) is 13.0. The number of imidazole rings is 1. The van der Waals surface area contributed by atoms with Gasteiger partial charge in [0.2, 0.25) is 5.78 Å². The number of fused-ring (bicyclic) bond motifs is 1. The molecule has 0 amide bonds. The molecule has 4 heterocycles. The van der Waals surface area contributed by atoms with Crippen LogP contribution >= 0.6 is 0 Å². The molecule has 184 valence electrons. The zero-order valence-corrected chi connectivity index (χ0v) is 19.2. The van der Waals surface area contributed by atoms with Gasteiger partial charge in [0.1, 0.15) is 29.5 Å². The molecule has 0 atom stereocenters. The van der Waals surface area contributed by atoms with Crippen LogP contribution in [0.15, 0.2) is 73.3 Å². The quantitative estimate of drug-likeness (QED) is 0.354. The van der Waals surface area contributed by atoms with Crippen molar-refractivity contribution < 1.29 is 32.2 Å². The van der Waals surface area contributed by atoms with Gasteiger partial charge >= 0.3 is 6.36 Å². The van der Waals surface area contributed by atoms with Crippen molar-refractivity contribution in [1.82, 2.24) is 14.4 Å². The van der Waals surface area contributed by atoms with Gasteiger partial charge in [-0.1, -0.05) is 12.1 Å².